The van der Waals surface area contributed by atoms with E-state index >= 15 is 0 Å². The Hall–Kier alpha value is -1.20. The van der Waals surface area contributed by atoms with Crippen molar-refractivity contribution in [3.05, 3.63) is 17.6 Å². The van der Waals surface area contributed by atoms with Gasteiger partial charge in [-0.3, -0.25) is 4.90 Å². The van der Waals surface area contributed by atoms with Gasteiger partial charge >= 0.3 is 0 Å². The molecule has 0 aromatic carbocycles. The Morgan fingerprint density at radius 3 is 2.82 bits per heavy atom. The number of nitrogens with two attached hydrogens (primary N) is 1. The summed E-state index contributed by atoms with van der Waals surface area (Å²) in [5, 5.41) is 0. The predicted octanol–water partition coefficient (Wildman–Crippen LogP) is 1.30. The fourth-order valence-corrected chi connectivity index (χ4v) is 2.33. The number of rotatable bonds is 3. The Kier molecular flexibility index (Phi) is 3.31. The van der Waals surface area contributed by atoms with Crippen LogP contribution in [0.3, 0.4) is 0 Å². The monoisotopic (exact) mass is 235 g/mol. The zero-order valence-corrected chi connectivity index (χ0v) is 10.8. The summed E-state index contributed by atoms with van der Waals surface area (Å²) < 4.78 is 0. The fourth-order valence-electron chi connectivity index (χ4n) is 2.33. The first-order chi connectivity index (χ1) is 7.98. The summed E-state index contributed by atoms with van der Waals surface area (Å²) in [7, 11) is 0. The Labute approximate surface area is 102 Å². The van der Waals surface area contributed by atoms with E-state index in [9.17, 15) is 0 Å². The minimum atomic E-state index is 0.415. The van der Waals surface area contributed by atoms with E-state index in [1.165, 1.54) is 6.42 Å². The van der Waals surface area contributed by atoms with Gasteiger partial charge in [-0.25, -0.2) is 15.8 Å². The van der Waals surface area contributed by atoms with Crippen LogP contribution in [0.25, 0.3) is 0 Å². The summed E-state index contributed by atoms with van der Waals surface area (Å²) in [6.45, 7) is 9.60. The zero-order chi connectivity index (χ0) is 12.5. The second kappa shape index (κ2) is 4.58. The predicted molar refractivity (Wildman–Crippen MR) is 68.3 cm³/mol. The first-order valence-corrected chi connectivity index (χ1v) is 6.02. The van der Waals surface area contributed by atoms with Crippen LogP contribution >= 0.6 is 0 Å². The van der Waals surface area contributed by atoms with E-state index in [0.717, 1.165) is 31.2 Å². The molecule has 5 nitrogen and oxygen atoms in total. The zero-order valence-electron chi connectivity index (χ0n) is 10.8. The molecule has 0 atom stereocenters. The van der Waals surface area contributed by atoms with Gasteiger partial charge in [-0.15, -0.1) is 0 Å². The van der Waals surface area contributed by atoms with Gasteiger partial charge in [-0.2, -0.15) is 0 Å². The van der Waals surface area contributed by atoms with Crippen LogP contribution in [0.15, 0.2) is 6.07 Å². The first-order valence-electron chi connectivity index (χ1n) is 6.02. The van der Waals surface area contributed by atoms with Crippen LogP contribution in [0.5, 0.6) is 0 Å². The molecule has 1 fully saturated rings. The van der Waals surface area contributed by atoms with Crippen LogP contribution in [0.4, 0.5) is 5.82 Å². The molecule has 5 heteroatoms. The molecular weight excluding hydrogens is 214 g/mol. The van der Waals surface area contributed by atoms with E-state index in [1.54, 1.807) is 0 Å². The van der Waals surface area contributed by atoms with Gasteiger partial charge in [-0.1, -0.05) is 13.8 Å². The summed E-state index contributed by atoms with van der Waals surface area (Å²) in [5.74, 6) is 6.91. The average Bonchev–Trinajstić information content (AvgIpc) is 2.57. The van der Waals surface area contributed by atoms with Crippen molar-refractivity contribution in [1.29, 1.82) is 0 Å². The average molecular weight is 235 g/mol. The third kappa shape index (κ3) is 3.14. The number of hydrogen-bond donors (Lipinski definition) is 2. The third-order valence-corrected chi connectivity index (χ3v) is 3.17. The van der Waals surface area contributed by atoms with Gasteiger partial charge in [0, 0.05) is 18.3 Å². The van der Waals surface area contributed by atoms with Crippen molar-refractivity contribution in [3.63, 3.8) is 0 Å². The summed E-state index contributed by atoms with van der Waals surface area (Å²) in [4.78, 5) is 11.2. The maximum atomic E-state index is 5.38. The van der Waals surface area contributed by atoms with Crippen LogP contribution < -0.4 is 11.3 Å². The van der Waals surface area contributed by atoms with E-state index in [1.807, 2.05) is 13.0 Å². The van der Waals surface area contributed by atoms with Crippen LogP contribution in [-0.2, 0) is 6.54 Å². The van der Waals surface area contributed by atoms with E-state index in [2.05, 4.69) is 34.1 Å². The van der Waals surface area contributed by atoms with Gasteiger partial charge in [0.2, 0.25) is 0 Å². The minimum Gasteiger partial charge on any atom is -0.308 e. The molecule has 1 aliphatic heterocycles. The van der Waals surface area contributed by atoms with Gasteiger partial charge < -0.3 is 5.43 Å². The summed E-state index contributed by atoms with van der Waals surface area (Å²) in [6.07, 6.45) is 1.24. The van der Waals surface area contributed by atoms with Gasteiger partial charge in [0.25, 0.3) is 0 Å². The van der Waals surface area contributed by atoms with E-state index in [0.29, 0.717) is 11.2 Å². The van der Waals surface area contributed by atoms with Gasteiger partial charge in [0.1, 0.15) is 11.6 Å². The minimum absolute atomic E-state index is 0.415. The maximum Gasteiger partial charge on any atom is 0.145 e. The van der Waals surface area contributed by atoms with Crippen LogP contribution in [0.1, 0.15) is 31.8 Å². The molecule has 0 bridgehead atoms. The lowest BCUT2D eigenvalue weighted by Crippen LogP contribution is -2.24. The number of aromatic nitrogens is 2. The molecule has 0 unspecified atom stereocenters. The highest BCUT2D eigenvalue weighted by Crippen LogP contribution is 2.29. The molecule has 1 aromatic rings. The molecule has 0 spiro atoms. The van der Waals surface area contributed by atoms with E-state index < -0.39 is 0 Å². The highest BCUT2D eigenvalue weighted by Gasteiger charge is 2.29. The van der Waals surface area contributed by atoms with Crippen molar-refractivity contribution >= 4 is 5.82 Å². The van der Waals surface area contributed by atoms with E-state index in [-0.39, 0.29) is 0 Å². The number of hydrazine groups is 1. The summed E-state index contributed by atoms with van der Waals surface area (Å²) in [5.41, 5.74) is 3.94. The lowest BCUT2D eigenvalue weighted by molar-refractivity contribution is 0.278. The normalized spacial score (nSPS) is 19.5. The first kappa shape index (κ1) is 12.3. The molecule has 0 saturated carbocycles. The third-order valence-electron chi connectivity index (χ3n) is 3.17. The highest BCUT2D eigenvalue weighted by atomic mass is 15.3. The SMILES string of the molecule is Cc1cc(NN)nc(CN2CCC(C)(C)C2)n1. The number of likely N-dealkylation sites (tertiary alicyclic amines) is 1. The standard InChI is InChI=1S/C12H21N5/c1-9-6-10(16-13)15-11(14-9)7-17-5-4-12(2,3)8-17/h6H,4-5,7-8,13H2,1-3H3,(H,14,15,16). The molecule has 0 radical (unpaired) electrons. The lowest BCUT2D eigenvalue weighted by atomic mass is 9.93. The molecule has 1 aliphatic rings. The smallest absolute Gasteiger partial charge is 0.145 e. The molecule has 1 aromatic heterocycles. The van der Waals surface area contributed by atoms with Crippen LogP contribution in [0, 0.1) is 12.3 Å². The fraction of sp³-hybridized carbons (Fsp3) is 0.667. The van der Waals surface area contributed by atoms with Crippen molar-refractivity contribution < 1.29 is 0 Å². The Morgan fingerprint density at radius 1 is 1.47 bits per heavy atom. The molecule has 1 saturated heterocycles. The highest BCUT2D eigenvalue weighted by molar-refractivity contribution is 5.33. The molecule has 0 aliphatic carbocycles. The number of anilines is 1. The quantitative estimate of drug-likeness (QED) is 0.610. The molecule has 3 N–H and O–H groups in total. The number of aryl methyl sites for hydroxylation is 1. The summed E-state index contributed by atoms with van der Waals surface area (Å²) >= 11 is 0. The van der Waals surface area contributed by atoms with Crippen molar-refractivity contribution in [1.82, 2.24) is 14.9 Å². The van der Waals surface area contributed by atoms with E-state index in [4.69, 9.17) is 5.84 Å². The Balaban J connectivity index is 2.06. The van der Waals surface area contributed by atoms with Crippen molar-refractivity contribution in [3.8, 4) is 0 Å². The maximum absolute atomic E-state index is 5.38. The van der Waals surface area contributed by atoms with Crippen molar-refractivity contribution in [2.75, 3.05) is 18.5 Å². The topological polar surface area (TPSA) is 67.1 Å². The van der Waals surface area contributed by atoms with Crippen molar-refractivity contribution in [2.24, 2.45) is 11.3 Å². The number of nitrogens with zero attached hydrogens (tertiary/aromatic N) is 3. The Bertz CT molecular complexity index is 402. The molecule has 2 rings (SSSR count). The summed E-state index contributed by atoms with van der Waals surface area (Å²) in [6, 6.07) is 1.84. The number of hydrogen-bond acceptors (Lipinski definition) is 5. The van der Waals surface area contributed by atoms with Gasteiger partial charge in [0.05, 0.1) is 6.54 Å². The van der Waals surface area contributed by atoms with Gasteiger partial charge in [-0.05, 0) is 25.3 Å². The second-order valence-electron chi connectivity index (χ2n) is 5.58. The number of nitrogens with one attached hydrogen (secondary N) is 1. The van der Waals surface area contributed by atoms with Crippen LogP contribution in [0.2, 0.25) is 0 Å². The number of nitrogen functional groups attached to an aromatic ring is 1. The Morgan fingerprint density at radius 2 is 2.24 bits per heavy atom. The second-order valence-corrected chi connectivity index (χ2v) is 5.58. The lowest BCUT2D eigenvalue weighted by Gasteiger charge is -2.19. The molecule has 2 heterocycles. The molecule has 0 amide bonds. The molecule has 17 heavy (non-hydrogen) atoms. The largest absolute Gasteiger partial charge is 0.308 e. The molecule has 94 valence electrons. The van der Waals surface area contributed by atoms with Crippen molar-refractivity contribution in [2.45, 2.75) is 33.7 Å². The molecular formula is C12H21N5. The van der Waals surface area contributed by atoms with Gasteiger partial charge in [0.15, 0.2) is 0 Å². The van der Waals surface area contributed by atoms with Crippen LogP contribution in [-0.4, -0.2) is 28.0 Å².